The lowest BCUT2D eigenvalue weighted by atomic mass is 10.0. The summed E-state index contributed by atoms with van der Waals surface area (Å²) in [4.78, 5) is 17.0. The standard InChI is InChI=1S/C19H28N2O5/c1-24-15-5-6-16(17(11-15)25-2)18(22)21-9-10-26-14-19(23,13-21)12-20-7-3-4-8-20/h5-6,11,23H,3-4,7-10,12-14H2,1-2H3/t19-/m0/s1. The van der Waals surface area contributed by atoms with Gasteiger partial charge in [0.2, 0.25) is 0 Å². The van der Waals surface area contributed by atoms with Gasteiger partial charge >= 0.3 is 0 Å². The maximum absolute atomic E-state index is 13.1. The Morgan fingerprint density at radius 1 is 1.23 bits per heavy atom. The minimum atomic E-state index is -1.06. The lowest BCUT2D eigenvalue weighted by Crippen LogP contribution is -2.53. The quantitative estimate of drug-likeness (QED) is 0.841. The highest BCUT2D eigenvalue weighted by Gasteiger charge is 2.37. The fourth-order valence-electron chi connectivity index (χ4n) is 3.69. The van der Waals surface area contributed by atoms with E-state index in [1.807, 2.05) is 0 Å². The fourth-order valence-corrected chi connectivity index (χ4v) is 3.69. The summed E-state index contributed by atoms with van der Waals surface area (Å²) < 4.78 is 16.2. The number of nitrogens with zero attached hydrogens (tertiary/aromatic N) is 2. The molecule has 2 saturated heterocycles. The summed E-state index contributed by atoms with van der Waals surface area (Å²) in [6, 6.07) is 5.13. The van der Waals surface area contributed by atoms with Gasteiger partial charge in [-0.15, -0.1) is 0 Å². The molecule has 1 aromatic rings. The van der Waals surface area contributed by atoms with Gasteiger partial charge in [0.15, 0.2) is 0 Å². The molecule has 2 aliphatic rings. The van der Waals surface area contributed by atoms with Crippen molar-refractivity contribution in [1.82, 2.24) is 9.80 Å². The molecule has 1 amide bonds. The second-order valence-electron chi connectivity index (χ2n) is 7.05. The first-order valence-corrected chi connectivity index (χ1v) is 9.08. The van der Waals surface area contributed by atoms with Crippen LogP contribution in [0.15, 0.2) is 18.2 Å². The summed E-state index contributed by atoms with van der Waals surface area (Å²) in [5.41, 5.74) is -0.602. The summed E-state index contributed by atoms with van der Waals surface area (Å²) in [6.45, 7) is 3.84. The monoisotopic (exact) mass is 364 g/mol. The van der Waals surface area contributed by atoms with Crippen molar-refractivity contribution in [3.05, 3.63) is 23.8 Å². The molecule has 1 atom stereocenters. The summed E-state index contributed by atoms with van der Waals surface area (Å²) in [5.74, 6) is 0.917. The van der Waals surface area contributed by atoms with Gasteiger partial charge in [-0.05, 0) is 38.1 Å². The van der Waals surface area contributed by atoms with Gasteiger partial charge < -0.3 is 29.1 Å². The maximum Gasteiger partial charge on any atom is 0.257 e. The van der Waals surface area contributed by atoms with E-state index in [-0.39, 0.29) is 19.1 Å². The van der Waals surface area contributed by atoms with Gasteiger partial charge in [-0.2, -0.15) is 0 Å². The Hall–Kier alpha value is -1.83. The first-order chi connectivity index (χ1) is 12.5. The number of likely N-dealkylation sites (tertiary alicyclic amines) is 1. The Labute approximate surface area is 154 Å². The predicted molar refractivity (Wildman–Crippen MR) is 96.9 cm³/mol. The molecular weight excluding hydrogens is 336 g/mol. The van der Waals surface area contributed by atoms with Crippen LogP contribution in [0.5, 0.6) is 11.5 Å². The number of benzene rings is 1. The van der Waals surface area contributed by atoms with E-state index >= 15 is 0 Å². The van der Waals surface area contributed by atoms with Gasteiger partial charge in [0.25, 0.3) is 5.91 Å². The highest BCUT2D eigenvalue weighted by atomic mass is 16.5. The van der Waals surface area contributed by atoms with Crippen molar-refractivity contribution >= 4 is 5.91 Å². The molecule has 26 heavy (non-hydrogen) atoms. The van der Waals surface area contributed by atoms with Crippen molar-refractivity contribution in [2.75, 3.05) is 60.2 Å². The molecule has 1 N–H and O–H groups in total. The highest BCUT2D eigenvalue weighted by molar-refractivity contribution is 5.97. The molecule has 144 valence electrons. The van der Waals surface area contributed by atoms with E-state index < -0.39 is 5.60 Å². The maximum atomic E-state index is 13.1. The number of β-amino-alcohol motifs (C(OH)–C–C–N with tert-alkyl or cyclic N) is 1. The summed E-state index contributed by atoms with van der Waals surface area (Å²) in [7, 11) is 3.10. The van der Waals surface area contributed by atoms with Crippen LogP contribution in [0, 0.1) is 0 Å². The average Bonchev–Trinajstić information content (AvgIpc) is 3.07. The Kier molecular flexibility index (Phi) is 6.01. The molecule has 3 rings (SSSR count). The van der Waals surface area contributed by atoms with Gasteiger partial charge in [-0.1, -0.05) is 0 Å². The normalized spacial score (nSPS) is 24.3. The third-order valence-corrected chi connectivity index (χ3v) is 5.00. The molecule has 0 radical (unpaired) electrons. The number of hydrogen-bond acceptors (Lipinski definition) is 6. The molecule has 2 aliphatic heterocycles. The second kappa shape index (κ2) is 8.24. The lowest BCUT2D eigenvalue weighted by molar-refractivity contribution is -0.0524. The van der Waals surface area contributed by atoms with Crippen LogP contribution < -0.4 is 9.47 Å². The van der Waals surface area contributed by atoms with Crippen LogP contribution in [0.4, 0.5) is 0 Å². The number of methoxy groups -OCH3 is 2. The minimum absolute atomic E-state index is 0.171. The average molecular weight is 364 g/mol. The third-order valence-electron chi connectivity index (χ3n) is 5.00. The number of carbonyl (C=O) groups excluding carboxylic acids is 1. The van der Waals surface area contributed by atoms with E-state index in [9.17, 15) is 9.90 Å². The van der Waals surface area contributed by atoms with Crippen LogP contribution in [0.25, 0.3) is 0 Å². The zero-order chi connectivity index (χ0) is 18.6. The minimum Gasteiger partial charge on any atom is -0.497 e. The molecule has 0 bridgehead atoms. The zero-order valence-electron chi connectivity index (χ0n) is 15.6. The highest BCUT2D eigenvalue weighted by Crippen LogP contribution is 2.27. The van der Waals surface area contributed by atoms with Crippen LogP contribution >= 0.6 is 0 Å². The molecule has 0 aromatic heterocycles. The summed E-state index contributed by atoms with van der Waals surface area (Å²) in [6.07, 6.45) is 2.31. The second-order valence-corrected chi connectivity index (χ2v) is 7.05. The van der Waals surface area contributed by atoms with Gasteiger partial charge in [0.1, 0.15) is 17.1 Å². The zero-order valence-corrected chi connectivity index (χ0v) is 15.6. The number of ether oxygens (including phenoxy) is 3. The molecule has 0 aliphatic carbocycles. The Bertz CT molecular complexity index is 632. The topological polar surface area (TPSA) is 71.5 Å². The number of rotatable bonds is 5. The van der Waals surface area contributed by atoms with Crippen LogP contribution in [0.3, 0.4) is 0 Å². The molecular formula is C19H28N2O5. The first kappa shape index (κ1) is 18.9. The lowest BCUT2D eigenvalue weighted by Gasteiger charge is -2.34. The molecule has 2 heterocycles. The smallest absolute Gasteiger partial charge is 0.257 e. The number of carbonyl (C=O) groups is 1. The van der Waals surface area contributed by atoms with Crippen LogP contribution in [-0.4, -0.2) is 86.6 Å². The fraction of sp³-hybridized carbons (Fsp3) is 0.632. The molecule has 7 heteroatoms. The van der Waals surface area contributed by atoms with E-state index in [4.69, 9.17) is 14.2 Å². The summed E-state index contributed by atoms with van der Waals surface area (Å²) in [5, 5.41) is 11.1. The van der Waals surface area contributed by atoms with Crippen molar-refractivity contribution in [3.8, 4) is 11.5 Å². The van der Waals surface area contributed by atoms with Crippen molar-refractivity contribution in [2.24, 2.45) is 0 Å². The van der Waals surface area contributed by atoms with Crippen LogP contribution in [0.1, 0.15) is 23.2 Å². The van der Waals surface area contributed by atoms with Crippen molar-refractivity contribution in [2.45, 2.75) is 18.4 Å². The van der Waals surface area contributed by atoms with Gasteiger partial charge in [-0.3, -0.25) is 4.79 Å². The number of hydrogen-bond donors (Lipinski definition) is 1. The van der Waals surface area contributed by atoms with Crippen LogP contribution in [-0.2, 0) is 4.74 Å². The van der Waals surface area contributed by atoms with Crippen molar-refractivity contribution in [3.63, 3.8) is 0 Å². The molecule has 2 fully saturated rings. The van der Waals surface area contributed by atoms with E-state index in [2.05, 4.69) is 4.90 Å². The number of aliphatic hydroxyl groups is 1. The van der Waals surface area contributed by atoms with Gasteiger partial charge in [-0.25, -0.2) is 0 Å². The molecule has 1 aromatic carbocycles. The van der Waals surface area contributed by atoms with Crippen LogP contribution in [0.2, 0.25) is 0 Å². The molecule has 0 spiro atoms. The largest absolute Gasteiger partial charge is 0.497 e. The SMILES string of the molecule is COc1ccc(C(=O)N2CCOC[C@](O)(CN3CCCC3)C2)c(OC)c1. The van der Waals surface area contributed by atoms with Gasteiger partial charge in [0.05, 0.1) is 39.5 Å². The van der Waals surface area contributed by atoms with Crippen molar-refractivity contribution < 1.29 is 24.1 Å². The van der Waals surface area contributed by atoms with E-state index in [1.165, 1.54) is 7.11 Å². The Morgan fingerprint density at radius 2 is 2.00 bits per heavy atom. The van der Waals surface area contributed by atoms with E-state index in [0.29, 0.717) is 36.8 Å². The van der Waals surface area contributed by atoms with E-state index in [1.54, 1.807) is 30.2 Å². The molecule has 0 unspecified atom stereocenters. The van der Waals surface area contributed by atoms with E-state index in [0.717, 1.165) is 25.9 Å². The van der Waals surface area contributed by atoms with Crippen molar-refractivity contribution in [1.29, 1.82) is 0 Å². The number of amides is 1. The predicted octanol–water partition coefficient (Wildman–Crippen LogP) is 1.00. The third kappa shape index (κ3) is 4.28. The van der Waals surface area contributed by atoms with Gasteiger partial charge in [0, 0.05) is 19.2 Å². The molecule has 0 saturated carbocycles. The Balaban J connectivity index is 1.77. The Morgan fingerprint density at radius 3 is 2.69 bits per heavy atom. The first-order valence-electron chi connectivity index (χ1n) is 9.08. The summed E-state index contributed by atoms with van der Waals surface area (Å²) >= 11 is 0. The molecule has 7 nitrogen and oxygen atoms in total.